The predicted octanol–water partition coefficient (Wildman–Crippen LogP) is 7.32. The number of carbonyl (C=O) groups is 3. The van der Waals surface area contributed by atoms with Crippen LogP contribution in [0.25, 0.3) is 0 Å². The molecule has 2 atom stereocenters. The number of benzene rings is 3. The lowest BCUT2D eigenvalue weighted by Crippen LogP contribution is -2.53. The molecule has 3 amide bonds. The number of halogens is 1. The Morgan fingerprint density at radius 3 is 2.24 bits per heavy atom. The van der Waals surface area contributed by atoms with Crippen molar-refractivity contribution in [3.05, 3.63) is 99.6 Å². The van der Waals surface area contributed by atoms with Crippen molar-refractivity contribution in [2.24, 2.45) is 0 Å². The van der Waals surface area contributed by atoms with Crippen LogP contribution in [0.15, 0.2) is 66.7 Å². The topological polar surface area (TPSA) is 87.7 Å². The SMILES string of the molecule is CCCN(C(=O)C(Cc1ccccc1)NC(=O)OC(C)(C)C)C(C(=O)Nc1c(C)cccc1Cl)c1cc(C)ccc1C. The van der Waals surface area contributed by atoms with Crippen molar-refractivity contribution in [1.29, 1.82) is 0 Å². The van der Waals surface area contributed by atoms with E-state index in [-0.39, 0.29) is 18.9 Å². The Hall–Kier alpha value is -3.84. The van der Waals surface area contributed by atoms with Gasteiger partial charge in [0, 0.05) is 13.0 Å². The highest BCUT2D eigenvalue weighted by atomic mass is 35.5. The molecule has 42 heavy (non-hydrogen) atoms. The lowest BCUT2D eigenvalue weighted by Gasteiger charge is -2.35. The van der Waals surface area contributed by atoms with Gasteiger partial charge < -0.3 is 20.3 Å². The standard InChI is InChI=1S/C34H42ClN3O4/c1-8-19-38(32(40)28(21-25-14-10-9-11-15-25)36-33(41)42-34(5,6)7)30(26-20-22(2)17-18-23(26)3)31(39)37-29-24(4)13-12-16-27(29)35/h9-18,20,28,30H,8,19,21H2,1-7H3,(H,36,41)(H,37,39). The van der Waals surface area contributed by atoms with Crippen molar-refractivity contribution in [3.8, 4) is 0 Å². The minimum absolute atomic E-state index is 0.226. The Balaban J connectivity index is 2.10. The minimum atomic E-state index is -0.980. The van der Waals surface area contributed by atoms with E-state index < -0.39 is 29.7 Å². The van der Waals surface area contributed by atoms with Gasteiger partial charge in [-0.3, -0.25) is 9.59 Å². The lowest BCUT2D eigenvalue weighted by atomic mass is 9.95. The van der Waals surface area contributed by atoms with Crippen molar-refractivity contribution in [1.82, 2.24) is 10.2 Å². The highest BCUT2D eigenvalue weighted by molar-refractivity contribution is 6.34. The molecule has 3 aromatic carbocycles. The first-order chi connectivity index (χ1) is 19.8. The molecule has 7 nitrogen and oxygen atoms in total. The molecule has 0 aliphatic rings. The molecule has 224 valence electrons. The summed E-state index contributed by atoms with van der Waals surface area (Å²) in [5, 5.41) is 6.20. The number of aryl methyl sites for hydroxylation is 3. The van der Waals surface area contributed by atoms with E-state index in [1.807, 2.05) is 88.4 Å². The molecule has 3 aromatic rings. The third-order valence-electron chi connectivity index (χ3n) is 6.78. The lowest BCUT2D eigenvalue weighted by molar-refractivity contribution is -0.140. The van der Waals surface area contributed by atoms with Gasteiger partial charge in [0.05, 0.1) is 10.7 Å². The van der Waals surface area contributed by atoms with Gasteiger partial charge in [0.2, 0.25) is 5.91 Å². The fourth-order valence-electron chi connectivity index (χ4n) is 4.79. The van der Waals surface area contributed by atoms with Crippen LogP contribution in [0.3, 0.4) is 0 Å². The molecule has 0 radical (unpaired) electrons. The molecule has 0 saturated heterocycles. The van der Waals surface area contributed by atoms with Crippen LogP contribution in [-0.4, -0.2) is 41.0 Å². The van der Waals surface area contributed by atoms with Crippen molar-refractivity contribution < 1.29 is 19.1 Å². The Bertz CT molecular complexity index is 1380. The Kier molecular flexibility index (Phi) is 11.2. The molecule has 0 aliphatic heterocycles. The number of amides is 3. The summed E-state index contributed by atoms with van der Waals surface area (Å²) in [4.78, 5) is 43.2. The largest absolute Gasteiger partial charge is 0.444 e. The number of ether oxygens (including phenoxy) is 1. The van der Waals surface area contributed by atoms with Crippen molar-refractivity contribution in [2.45, 2.75) is 79.0 Å². The quantitative estimate of drug-likeness (QED) is 0.258. The Morgan fingerprint density at radius 1 is 0.929 bits per heavy atom. The first-order valence-corrected chi connectivity index (χ1v) is 14.7. The zero-order valence-electron chi connectivity index (χ0n) is 25.6. The summed E-state index contributed by atoms with van der Waals surface area (Å²) in [5.41, 5.74) is 3.94. The van der Waals surface area contributed by atoms with Gasteiger partial charge in [0.1, 0.15) is 17.7 Å². The van der Waals surface area contributed by atoms with Crippen LogP contribution in [0.1, 0.15) is 68.0 Å². The smallest absolute Gasteiger partial charge is 0.408 e. The molecule has 0 saturated carbocycles. The van der Waals surface area contributed by atoms with Gasteiger partial charge in [0.15, 0.2) is 0 Å². The molecular weight excluding hydrogens is 550 g/mol. The molecule has 3 rings (SSSR count). The average Bonchev–Trinajstić information content (AvgIpc) is 2.91. The number of hydrogen-bond acceptors (Lipinski definition) is 4. The Labute approximate surface area is 254 Å². The van der Waals surface area contributed by atoms with Gasteiger partial charge in [-0.2, -0.15) is 0 Å². The van der Waals surface area contributed by atoms with Crippen LogP contribution in [0.4, 0.5) is 10.5 Å². The maximum Gasteiger partial charge on any atom is 0.408 e. The number of alkyl carbamates (subject to hydrolysis) is 1. The fourth-order valence-corrected chi connectivity index (χ4v) is 5.06. The molecule has 0 heterocycles. The summed E-state index contributed by atoms with van der Waals surface area (Å²) < 4.78 is 5.51. The highest BCUT2D eigenvalue weighted by Gasteiger charge is 2.37. The first-order valence-electron chi connectivity index (χ1n) is 14.3. The van der Waals surface area contributed by atoms with Gasteiger partial charge in [0.25, 0.3) is 5.91 Å². The molecule has 0 aliphatic carbocycles. The van der Waals surface area contributed by atoms with E-state index in [1.165, 1.54) is 0 Å². The van der Waals surface area contributed by atoms with Crippen LogP contribution < -0.4 is 10.6 Å². The zero-order valence-corrected chi connectivity index (χ0v) is 26.3. The van der Waals surface area contributed by atoms with Crippen molar-refractivity contribution in [3.63, 3.8) is 0 Å². The third-order valence-corrected chi connectivity index (χ3v) is 7.09. The Morgan fingerprint density at radius 2 is 1.62 bits per heavy atom. The van der Waals surface area contributed by atoms with Crippen LogP contribution in [0, 0.1) is 20.8 Å². The molecule has 0 fully saturated rings. The molecule has 8 heteroatoms. The second-order valence-electron chi connectivity index (χ2n) is 11.6. The van der Waals surface area contributed by atoms with E-state index in [0.29, 0.717) is 22.7 Å². The molecule has 2 N–H and O–H groups in total. The van der Waals surface area contributed by atoms with E-state index in [9.17, 15) is 14.4 Å². The second kappa shape index (κ2) is 14.4. The van der Waals surface area contributed by atoms with Crippen LogP contribution in [-0.2, 0) is 20.7 Å². The van der Waals surface area contributed by atoms with Crippen LogP contribution >= 0.6 is 11.6 Å². The molecular formula is C34H42ClN3O4. The molecule has 0 spiro atoms. The van der Waals surface area contributed by atoms with E-state index in [2.05, 4.69) is 10.6 Å². The summed E-state index contributed by atoms with van der Waals surface area (Å²) in [5.74, 6) is -0.777. The van der Waals surface area contributed by atoms with Gasteiger partial charge in [-0.05, 0) is 76.3 Å². The van der Waals surface area contributed by atoms with E-state index in [1.54, 1.807) is 31.7 Å². The van der Waals surface area contributed by atoms with Crippen molar-refractivity contribution in [2.75, 3.05) is 11.9 Å². The van der Waals surface area contributed by atoms with Gasteiger partial charge in [-0.1, -0.05) is 84.8 Å². The molecule has 0 bridgehead atoms. The first kappa shape index (κ1) is 32.7. The van der Waals surface area contributed by atoms with Crippen LogP contribution in [0.5, 0.6) is 0 Å². The average molecular weight is 592 g/mol. The summed E-state index contributed by atoms with van der Waals surface area (Å²) in [6.45, 7) is 13.3. The number of rotatable bonds is 10. The normalized spacial score (nSPS) is 12.7. The minimum Gasteiger partial charge on any atom is -0.444 e. The van der Waals surface area contributed by atoms with E-state index >= 15 is 0 Å². The number of anilines is 1. The van der Waals surface area contributed by atoms with E-state index in [4.69, 9.17) is 16.3 Å². The monoisotopic (exact) mass is 591 g/mol. The molecule has 0 aromatic heterocycles. The summed E-state index contributed by atoms with van der Waals surface area (Å²) in [6.07, 6.45) is 0.118. The second-order valence-corrected chi connectivity index (χ2v) is 12.0. The number of nitrogens with one attached hydrogen (secondary N) is 2. The van der Waals surface area contributed by atoms with Gasteiger partial charge in [-0.25, -0.2) is 4.79 Å². The maximum atomic E-state index is 14.5. The number of para-hydroxylation sites is 1. The van der Waals surface area contributed by atoms with Gasteiger partial charge in [-0.15, -0.1) is 0 Å². The number of nitrogens with zero attached hydrogens (tertiary/aromatic N) is 1. The van der Waals surface area contributed by atoms with E-state index in [0.717, 1.165) is 22.3 Å². The summed E-state index contributed by atoms with van der Waals surface area (Å²) in [7, 11) is 0. The predicted molar refractivity (Wildman–Crippen MR) is 169 cm³/mol. The molecule has 2 unspecified atom stereocenters. The number of hydrogen-bond donors (Lipinski definition) is 2. The maximum absolute atomic E-state index is 14.5. The highest BCUT2D eigenvalue weighted by Crippen LogP contribution is 2.31. The van der Waals surface area contributed by atoms with Gasteiger partial charge >= 0.3 is 6.09 Å². The summed E-state index contributed by atoms with van der Waals surface area (Å²) >= 11 is 6.48. The van der Waals surface area contributed by atoms with Crippen LogP contribution in [0.2, 0.25) is 5.02 Å². The zero-order chi connectivity index (χ0) is 31.0. The van der Waals surface area contributed by atoms with Crippen molar-refractivity contribution >= 4 is 35.2 Å². The summed E-state index contributed by atoms with van der Waals surface area (Å²) in [6, 6.07) is 18.7. The third kappa shape index (κ3) is 8.83. The fraction of sp³-hybridized carbons (Fsp3) is 0.382. The number of carbonyl (C=O) groups excluding carboxylic acids is 3.